The summed E-state index contributed by atoms with van der Waals surface area (Å²) >= 11 is 0. The van der Waals surface area contributed by atoms with Gasteiger partial charge in [0.05, 0.1) is 9.85 Å². The second kappa shape index (κ2) is 5.76. The summed E-state index contributed by atoms with van der Waals surface area (Å²) in [5, 5.41) is 24.0. The maximum atomic E-state index is 12.0. The first-order chi connectivity index (χ1) is 11.0. The van der Waals surface area contributed by atoms with Gasteiger partial charge in [-0.2, -0.15) is 0 Å². The van der Waals surface area contributed by atoms with Crippen LogP contribution in [0.3, 0.4) is 0 Å². The van der Waals surface area contributed by atoms with Gasteiger partial charge in [0.25, 0.3) is 0 Å². The predicted molar refractivity (Wildman–Crippen MR) is 85.2 cm³/mol. The number of hydrogen-bond donors (Lipinski definition) is 0. The van der Waals surface area contributed by atoms with Gasteiger partial charge in [-0.1, -0.05) is 47.9 Å². The molecule has 0 spiro atoms. The molecule has 122 valence electrons. The highest BCUT2D eigenvalue weighted by molar-refractivity contribution is 5.33. The summed E-state index contributed by atoms with van der Waals surface area (Å²) in [6.07, 6.45) is 3.44. The summed E-state index contributed by atoms with van der Waals surface area (Å²) in [5.41, 5.74) is 0.598. The minimum absolute atomic E-state index is 0.387. The summed E-state index contributed by atoms with van der Waals surface area (Å²) in [5.74, 6) is -1.32. The smallest absolute Gasteiger partial charge is 0.258 e. The minimum Gasteiger partial charge on any atom is -0.258 e. The molecule has 0 radical (unpaired) electrons. The van der Waals surface area contributed by atoms with Gasteiger partial charge < -0.3 is 0 Å². The fourth-order valence-corrected chi connectivity index (χ4v) is 4.45. The van der Waals surface area contributed by atoms with Crippen molar-refractivity contribution in [3.8, 4) is 0 Å². The van der Waals surface area contributed by atoms with Crippen molar-refractivity contribution in [1.29, 1.82) is 0 Å². The Morgan fingerprint density at radius 3 is 2.30 bits per heavy atom. The molecule has 1 aromatic rings. The van der Waals surface area contributed by atoms with Crippen molar-refractivity contribution < 1.29 is 9.85 Å². The van der Waals surface area contributed by atoms with Gasteiger partial charge in [0.2, 0.25) is 0 Å². The summed E-state index contributed by atoms with van der Waals surface area (Å²) in [4.78, 5) is 22.8. The lowest BCUT2D eigenvalue weighted by molar-refractivity contribution is -0.810. The topological polar surface area (TPSA) is 86.3 Å². The first-order valence-electron chi connectivity index (χ1n) is 8.02. The number of rotatable bonds is 3. The van der Waals surface area contributed by atoms with Crippen LogP contribution in [0.15, 0.2) is 41.5 Å². The number of benzene rings is 1. The van der Waals surface area contributed by atoms with Gasteiger partial charge in [0, 0.05) is 0 Å². The van der Waals surface area contributed by atoms with E-state index in [1.807, 2.05) is 13.0 Å². The molecule has 1 aromatic carbocycles. The first-order valence-corrected chi connectivity index (χ1v) is 8.02. The Labute approximate surface area is 134 Å². The van der Waals surface area contributed by atoms with Gasteiger partial charge in [-0.05, 0) is 38.2 Å². The zero-order chi connectivity index (χ0) is 16.6. The van der Waals surface area contributed by atoms with Crippen molar-refractivity contribution in [1.82, 2.24) is 0 Å². The molecule has 0 aliphatic heterocycles. The van der Waals surface area contributed by atoms with Crippen LogP contribution in [-0.2, 0) is 0 Å². The molecule has 0 saturated heterocycles. The number of allylic oxidation sites excluding steroid dienone is 1. The van der Waals surface area contributed by atoms with E-state index >= 15 is 0 Å². The highest BCUT2D eigenvalue weighted by atomic mass is 16.7. The van der Waals surface area contributed by atoms with E-state index in [1.165, 1.54) is 0 Å². The maximum absolute atomic E-state index is 12.0. The van der Waals surface area contributed by atoms with Crippen LogP contribution < -0.4 is 0 Å². The van der Waals surface area contributed by atoms with Crippen molar-refractivity contribution in [3.63, 3.8) is 0 Å². The van der Waals surface area contributed by atoms with Crippen molar-refractivity contribution in [2.75, 3.05) is 0 Å². The van der Waals surface area contributed by atoms with Crippen molar-refractivity contribution in [2.24, 2.45) is 5.92 Å². The third kappa shape index (κ3) is 2.24. The van der Waals surface area contributed by atoms with Gasteiger partial charge in [-0.15, -0.1) is 0 Å². The third-order valence-corrected chi connectivity index (χ3v) is 5.48. The van der Waals surface area contributed by atoms with Crippen LogP contribution in [0.25, 0.3) is 0 Å². The quantitative estimate of drug-likeness (QED) is 0.366. The van der Waals surface area contributed by atoms with E-state index < -0.39 is 27.3 Å². The molecular formula is C17H20N2O4. The van der Waals surface area contributed by atoms with Crippen LogP contribution in [0.4, 0.5) is 0 Å². The van der Waals surface area contributed by atoms with Gasteiger partial charge in [0.15, 0.2) is 0 Å². The Morgan fingerprint density at radius 2 is 1.70 bits per heavy atom. The van der Waals surface area contributed by atoms with Crippen molar-refractivity contribution in [3.05, 3.63) is 67.3 Å². The lowest BCUT2D eigenvalue weighted by Gasteiger charge is -2.40. The van der Waals surface area contributed by atoms with Crippen molar-refractivity contribution >= 4 is 0 Å². The normalized spacial score (nSPS) is 26.5. The van der Waals surface area contributed by atoms with Crippen LogP contribution in [-0.4, -0.2) is 15.5 Å². The van der Waals surface area contributed by atoms with Gasteiger partial charge in [-0.25, -0.2) is 0 Å². The molecule has 2 atom stereocenters. The standard InChI is InChI=1S/C17H20N2O4/c1-12-11-16(13-7-3-2-4-8-13)17(18(20)21,19(22)23)15-10-6-5-9-14(12)15/h2-4,7-8,15-16H,5-6,9-11H2,1H3/t15-,16-/m0/s1. The van der Waals surface area contributed by atoms with E-state index in [2.05, 4.69) is 0 Å². The summed E-state index contributed by atoms with van der Waals surface area (Å²) in [6, 6.07) is 8.94. The average molecular weight is 316 g/mol. The zero-order valence-corrected chi connectivity index (χ0v) is 13.1. The van der Waals surface area contributed by atoms with E-state index in [-0.39, 0.29) is 0 Å². The maximum Gasteiger partial charge on any atom is 0.471 e. The molecule has 2 aliphatic carbocycles. The Kier molecular flexibility index (Phi) is 3.92. The molecule has 0 N–H and O–H groups in total. The molecule has 0 heterocycles. The van der Waals surface area contributed by atoms with Crippen LogP contribution in [0, 0.1) is 26.1 Å². The zero-order valence-electron chi connectivity index (χ0n) is 13.1. The highest BCUT2D eigenvalue weighted by Gasteiger charge is 2.70. The Morgan fingerprint density at radius 1 is 1.04 bits per heavy atom. The Balaban J connectivity index is 2.23. The summed E-state index contributed by atoms with van der Waals surface area (Å²) in [6.45, 7) is 1.98. The fraction of sp³-hybridized carbons (Fsp3) is 0.529. The lowest BCUT2D eigenvalue weighted by atomic mass is 9.62. The molecule has 2 aliphatic rings. The van der Waals surface area contributed by atoms with Crippen LogP contribution in [0.5, 0.6) is 0 Å². The second-order valence-electron chi connectivity index (χ2n) is 6.57. The molecule has 6 heteroatoms. The molecule has 0 bridgehead atoms. The predicted octanol–water partition coefficient (Wildman–Crippen LogP) is 3.93. The molecule has 23 heavy (non-hydrogen) atoms. The lowest BCUT2D eigenvalue weighted by Crippen LogP contribution is -2.59. The van der Waals surface area contributed by atoms with Crippen molar-refractivity contribution in [2.45, 2.75) is 50.6 Å². The van der Waals surface area contributed by atoms with Gasteiger partial charge in [0.1, 0.15) is 11.8 Å². The van der Waals surface area contributed by atoms with Gasteiger partial charge in [-0.3, -0.25) is 20.2 Å². The second-order valence-corrected chi connectivity index (χ2v) is 6.57. The van der Waals surface area contributed by atoms with E-state index in [0.717, 1.165) is 30.4 Å². The molecule has 1 fully saturated rings. The highest BCUT2D eigenvalue weighted by Crippen LogP contribution is 2.53. The minimum atomic E-state index is -2.14. The third-order valence-electron chi connectivity index (χ3n) is 5.48. The molecule has 1 saturated carbocycles. The van der Waals surface area contributed by atoms with E-state index in [4.69, 9.17) is 0 Å². The number of nitro groups is 2. The van der Waals surface area contributed by atoms with Crippen LogP contribution in [0.2, 0.25) is 0 Å². The van der Waals surface area contributed by atoms with E-state index in [9.17, 15) is 20.2 Å². The largest absolute Gasteiger partial charge is 0.471 e. The fourth-order valence-electron chi connectivity index (χ4n) is 4.45. The number of fused-ring (bicyclic) bond motifs is 1. The number of hydrogen-bond acceptors (Lipinski definition) is 4. The molecule has 3 rings (SSSR count). The first kappa shape index (κ1) is 15.6. The Hall–Kier alpha value is -2.24. The molecule has 0 aromatic heterocycles. The summed E-state index contributed by atoms with van der Waals surface area (Å²) in [7, 11) is 0. The Bertz CT molecular complexity index is 654. The molecule has 0 amide bonds. The SMILES string of the molecule is CC1=C2CCCC[C@@H]2C([N+](=O)[O-])([N+](=O)[O-])[C@H](c2ccccc2)C1. The van der Waals surface area contributed by atoms with Crippen LogP contribution >= 0.6 is 0 Å². The van der Waals surface area contributed by atoms with E-state index in [1.54, 1.807) is 24.3 Å². The van der Waals surface area contributed by atoms with Crippen LogP contribution in [0.1, 0.15) is 50.5 Å². The average Bonchev–Trinajstić information content (AvgIpc) is 2.55. The number of nitrogens with zero attached hydrogens (tertiary/aromatic N) is 2. The molecule has 0 unspecified atom stereocenters. The summed E-state index contributed by atoms with van der Waals surface area (Å²) < 4.78 is 0. The van der Waals surface area contributed by atoms with Gasteiger partial charge >= 0.3 is 5.66 Å². The molecular weight excluding hydrogens is 296 g/mol. The van der Waals surface area contributed by atoms with E-state index in [0.29, 0.717) is 18.4 Å². The molecule has 6 nitrogen and oxygen atoms in total. The monoisotopic (exact) mass is 316 g/mol.